The van der Waals surface area contributed by atoms with Crippen LogP contribution in [0.15, 0.2) is 46.9 Å². The van der Waals surface area contributed by atoms with Crippen molar-refractivity contribution in [1.29, 1.82) is 0 Å². The molecule has 0 unspecified atom stereocenters. The summed E-state index contributed by atoms with van der Waals surface area (Å²) in [5, 5.41) is 3.31. The van der Waals surface area contributed by atoms with Gasteiger partial charge in [0, 0.05) is 25.1 Å². The number of benzene rings is 1. The van der Waals surface area contributed by atoms with Crippen LogP contribution < -0.4 is 21.3 Å². The van der Waals surface area contributed by atoms with Crippen LogP contribution in [0.2, 0.25) is 0 Å². The van der Waals surface area contributed by atoms with Crippen molar-refractivity contribution < 1.29 is 14.3 Å². The summed E-state index contributed by atoms with van der Waals surface area (Å²) in [4.78, 5) is 40.1. The van der Waals surface area contributed by atoms with E-state index >= 15 is 0 Å². The van der Waals surface area contributed by atoms with Gasteiger partial charge in [-0.05, 0) is 17.7 Å². The Bertz CT molecular complexity index is 985. The molecule has 2 amide bonds. The molecule has 1 aromatic heterocycles. The minimum Gasteiger partial charge on any atom is -0.484 e. The number of primary amides is 1. The molecule has 2 heterocycles. The maximum absolute atomic E-state index is 12.7. The topological polar surface area (TPSA) is 116 Å². The van der Waals surface area contributed by atoms with Crippen molar-refractivity contribution in [2.75, 3.05) is 17.7 Å². The number of rotatable bonds is 7. The van der Waals surface area contributed by atoms with Crippen molar-refractivity contribution in [2.24, 2.45) is 12.8 Å². The van der Waals surface area contributed by atoms with Gasteiger partial charge < -0.3 is 20.4 Å². The number of hydrogen-bond donors (Lipinski definition) is 2. The first kappa shape index (κ1) is 19.7. The van der Waals surface area contributed by atoms with Crippen molar-refractivity contribution in [3.8, 4) is 5.75 Å². The second-order valence-electron chi connectivity index (χ2n) is 6.25. The lowest BCUT2D eigenvalue weighted by Crippen LogP contribution is -2.33. The zero-order chi connectivity index (χ0) is 20.3. The molecule has 0 saturated heterocycles. The number of nitrogens with one attached hydrogen (secondary N) is 1. The van der Waals surface area contributed by atoms with Crippen LogP contribution in [0, 0.1) is 0 Å². The fourth-order valence-corrected chi connectivity index (χ4v) is 3.73. The molecule has 0 fully saturated rings. The van der Waals surface area contributed by atoms with Crippen LogP contribution in [0.25, 0.3) is 0 Å². The largest absolute Gasteiger partial charge is 0.484 e. The predicted octanol–water partition coefficient (Wildman–Crippen LogP) is 1.40. The number of anilines is 1. The molecule has 3 N–H and O–H groups in total. The number of ether oxygens (including phenoxy) is 1. The van der Waals surface area contributed by atoms with Gasteiger partial charge in [0.25, 0.3) is 11.5 Å². The first-order valence-corrected chi connectivity index (χ1v) is 9.54. The lowest BCUT2D eigenvalue weighted by atomic mass is 9.87. The third kappa shape index (κ3) is 4.09. The summed E-state index contributed by atoms with van der Waals surface area (Å²) in [6.07, 6.45) is 1.87. The van der Waals surface area contributed by atoms with Crippen LogP contribution in [0.3, 0.4) is 0 Å². The highest BCUT2D eigenvalue weighted by Gasteiger charge is 2.32. The van der Waals surface area contributed by atoms with E-state index in [1.165, 1.54) is 11.8 Å². The van der Waals surface area contributed by atoms with Crippen molar-refractivity contribution in [2.45, 2.75) is 17.5 Å². The smallest absolute Gasteiger partial charge is 0.279 e. The Morgan fingerprint density at radius 1 is 1.43 bits per heavy atom. The zero-order valence-corrected chi connectivity index (χ0v) is 16.1. The summed E-state index contributed by atoms with van der Waals surface area (Å²) >= 11 is 1.37. The van der Waals surface area contributed by atoms with Crippen LogP contribution >= 0.6 is 11.8 Å². The molecule has 0 bridgehead atoms. The van der Waals surface area contributed by atoms with Gasteiger partial charge in [-0.15, -0.1) is 6.58 Å². The Morgan fingerprint density at radius 2 is 2.14 bits per heavy atom. The van der Waals surface area contributed by atoms with E-state index in [1.807, 2.05) is 0 Å². The third-order valence-corrected chi connectivity index (χ3v) is 5.32. The number of aromatic nitrogens is 2. The average molecular weight is 400 g/mol. The van der Waals surface area contributed by atoms with E-state index in [0.29, 0.717) is 28.0 Å². The molecule has 28 heavy (non-hydrogen) atoms. The normalized spacial score (nSPS) is 15.5. The van der Waals surface area contributed by atoms with Crippen molar-refractivity contribution >= 4 is 29.4 Å². The van der Waals surface area contributed by atoms with Crippen LogP contribution in [-0.2, 0) is 16.6 Å². The van der Waals surface area contributed by atoms with Gasteiger partial charge in [-0.3, -0.25) is 14.4 Å². The van der Waals surface area contributed by atoms with Gasteiger partial charge in [0.1, 0.15) is 11.6 Å². The summed E-state index contributed by atoms with van der Waals surface area (Å²) in [5.74, 6) is 0.378. The summed E-state index contributed by atoms with van der Waals surface area (Å²) in [7, 11) is 1.76. The van der Waals surface area contributed by atoms with Gasteiger partial charge in [0.15, 0.2) is 11.8 Å². The van der Waals surface area contributed by atoms with Crippen molar-refractivity contribution in [1.82, 2.24) is 9.55 Å². The SMILES string of the molecule is C=CCSc1nc(=O)c2c(n1C)NC(=O)C[C@@H]2c1ccc(OCC(N)=O)cc1. The van der Waals surface area contributed by atoms with Gasteiger partial charge in [-0.1, -0.05) is 30.0 Å². The lowest BCUT2D eigenvalue weighted by molar-refractivity contribution is -0.120. The highest BCUT2D eigenvalue weighted by atomic mass is 32.2. The summed E-state index contributed by atoms with van der Waals surface area (Å²) in [6, 6.07) is 6.89. The summed E-state index contributed by atoms with van der Waals surface area (Å²) in [6.45, 7) is 3.45. The number of fused-ring (bicyclic) bond motifs is 1. The second-order valence-corrected chi connectivity index (χ2v) is 7.24. The van der Waals surface area contributed by atoms with E-state index in [9.17, 15) is 14.4 Å². The quantitative estimate of drug-likeness (QED) is 0.412. The number of nitrogens with zero attached hydrogens (tertiary/aromatic N) is 2. The van der Waals surface area contributed by atoms with Crippen LogP contribution in [0.1, 0.15) is 23.5 Å². The third-order valence-electron chi connectivity index (χ3n) is 4.29. The van der Waals surface area contributed by atoms with E-state index in [2.05, 4.69) is 16.9 Å². The molecular weight excluding hydrogens is 380 g/mol. The van der Waals surface area contributed by atoms with Gasteiger partial charge in [-0.2, -0.15) is 4.98 Å². The molecule has 0 aliphatic carbocycles. The molecule has 1 atom stereocenters. The fraction of sp³-hybridized carbons (Fsp3) is 0.263. The second kappa shape index (κ2) is 8.30. The minimum absolute atomic E-state index is 0.143. The number of thioether (sulfide) groups is 1. The number of carbonyl (C=O) groups excluding carboxylic acids is 2. The molecule has 3 rings (SSSR count). The summed E-state index contributed by atoms with van der Waals surface area (Å²) < 4.78 is 6.98. The Balaban J connectivity index is 1.98. The Kier molecular flexibility index (Phi) is 5.84. The van der Waals surface area contributed by atoms with Crippen LogP contribution in [-0.4, -0.2) is 33.7 Å². The van der Waals surface area contributed by atoms with E-state index in [1.54, 1.807) is 42.0 Å². The van der Waals surface area contributed by atoms with Gasteiger partial charge in [0.05, 0.1) is 5.56 Å². The maximum Gasteiger partial charge on any atom is 0.279 e. The number of carbonyl (C=O) groups is 2. The Morgan fingerprint density at radius 3 is 2.79 bits per heavy atom. The molecule has 8 nitrogen and oxygen atoms in total. The predicted molar refractivity (Wildman–Crippen MR) is 107 cm³/mol. The monoisotopic (exact) mass is 400 g/mol. The van der Waals surface area contributed by atoms with Gasteiger partial charge in [0.2, 0.25) is 5.91 Å². The molecule has 1 aliphatic rings. The Labute approximate surface area is 165 Å². The molecule has 146 valence electrons. The number of amides is 2. The first-order chi connectivity index (χ1) is 13.4. The molecule has 0 saturated carbocycles. The van der Waals surface area contributed by atoms with Crippen molar-refractivity contribution in [3.05, 3.63) is 58.4 Å². The molecule has 9 heteroatoms. The number of hydrogen-bond acceptors (Lipinski definition) is 6. The van der Waals surface area contributed by atoms with Crippen LogP contribution in [0.4, 0.5) is 5.82 Å². The molecule has 1 aromatic carbocycles. The molecular formula is C19H20N4O4S. The highest BCUT2D eigenvalue weighted by molar-refractivity contribution is 7.99. The number of nitrogens with two attached hydrogens (primary N) is 1. The maximum atomic E-state index is 12.7. The van der Waals surface area contributed by atoms with E-state index in [-0.39, 0.29) is 24.5 Å². The average Bonchev–Trinajstić information content (AvgIpc) is 2.67. The van der Waals surface area contributed by atoms with Crippen molar-refractivity contribution in [3.63, 3.8) is 0 Å². The van der Waals surface area contributed by atoms with E-state index in [0.717, 1.165) is 5.56 Å². The van der Waals surface area contributed by atoms with Gasteiger partial charge >= 0.3 is 0 Å². The molecule has 1 aliphatic heterocycles. The molecule has 0 spiro atoms. The van der Waals surface area contributed by atoms with E-state index in [4.69, 9.17) is 10.5 Å². The highest BCUT2D eigenvalue weighted by Crippen LogP contribution is 2.36. The zero-order valence-electron chi connectivity index (χ0n) is 15.3. The van der Waals surface area contributed by atoms with Gasteiger partial charge in [-0.25, -0.2) is 0 Å². The standard InChI is InChI=1S/C19H20N4O4S/c1-3-8-28-19-22-18(26)16-13(9-15(25)21-17(16)23(19)2)11-4-6-12(7-5-11)27-10-14(20)24/h3-7,13H,1,8-10H2,2H3,(H2,20,24)(H,21,25)/t13-/m1/s1. The minimum atomic E-state index is -0.568. The first-order valence-electron chi connectivity index (χ1n) is 8.56. The van der Waals surface area contributed by atoms with E-state index < -0.39 is 11.8 Å². The molecule has 0 radical (unpaired) electrons. The molecule has 2 aromatic rings. The lowest BCUT2D eigenvalue weighted by Gasteiger charge is -2.27. The Hall–Kier alpha value is -3.07. The van der Waals surface area contributed by atoms with Crippen LogP contribution in [0.5, 0.6) is 5.75 Å². The summed E-state index contributed by atoms with van der Waals surface area (Å²) in [5.41, 5.74) is 5.95. The fourth-order valence-electron chi connectivity index (χ4n) is 3.03.